The molecule has 1 aliphatic rings. The van der Waals surface area contributed by atoms with Crippen molar-refractivity contribution < 1.29 is 13.2 Å². The number of halogens is 2. The van der Waals surface area contributed by atoms with Crippen LogP contribution in [-0.4, -0.2) is 45.5 Å². The number of nitrogens with zero attached hydrogens (tertiary/aromatic N) is 1. The number of ether oxygens (including phenoxy) is 1. The molecule has 5 nitrogen and oxygen atoms in total. The Hall–Kier alpha value is -0.340. The Kier molecular flexibility index (Phi) is 6.27. The van der Waals surface area contributed by atoms with Crippen LogP contribution in [0.1, 0.15) is 6.92 Å². The highest BCUT2D eigenvalue weighted by Gasteiger charge is 2.32. The summed E-state index contributed by atoms with van der Waals surface area (Å²) in [7, 11) is -1.93. The normalized spacial score (nSPS) is 20.2. The van der Waals surface area contributed by atoms with E-state index in [2.05, 4.69) is 21.2 Å². The molecular weight excluding hydrogens is 368 g/mol. The lowest BCUT2D eigenvalue weighted by Crippen LogP contribution is -2.52. The largest absolute Gasteiger partial charge is 0.497 e. The number of methoxy groups -OCH3 is 1. The van der Waals surface area contributed by atoms with Gasteiger partial charge in [0.1, 0.15) is 5.75 Å². The summed E-state index contributed by atoms with van der Waals surface area (Å²) in [5, 5.41) is 3.18. The Labute approximate surface area is 134 Å². The number of nitrogens with one attached hydrogen (secondary N) is 1. The van der Waals surface area contributed by atoms with E-state index in [1.807, 2.05) is 6.92 Å². The molecule has 0 saturated carbocycles. The lowest BCUT2D eigenvalue weighted by Gasteiger charge is -2.33. The molecule has 20 heavy (non-hydrogen) atoms. The Balaban J connectivity index is 0.00000200. The molecular formula is C12H18BrClN2O3S. The van der Waals surface area contributed by atoms with Crippen molar-refractivity contribution in [3.63, 3.8) is 0 Å². The van der Waals surface area contributed by atoms with Crippen LogP contribution in [0.5, 0.6) is 5.75 Å². The zero-order valence-electron chi connectivity index (χ0n) is 11.3. The maximum absolute atomic E-state index is 12.6. The Bertz CT molecular complexity index is 568. The predicted molar refractivity (Wildman–Crippen MR) is 84.2 cm³/mol. The van der Waals surface area contributed by atoms with Gasteiger partial charge in [-0.15, -0.1) is 12.4 Å². The molecule has 0 amide bonds. The van der Waals surface area contributed by atoms with Crippen LogP contribution in [0.2, 0.25) is 0 Å². The molecule has 0 spiro atoms. The first-order valence-corrected chi connectivity index (χ1v) is 8.26. The second kappa shape index (κ2) is 7.09. The van der Waals surface area contributed by atoms with Crippen molar-refractivity contribution in [3.05, 3.63) is 22.7 Å². The minimum absolute atomic E-state index is 0. The van der Waals surface area contributed by atoms with E-state index in [9.17, 15) is 8.42 Å². The highest BCUT2D eigenvalue weighted by Crippen LogP contribution is 2.29. The number of hydrogen-bond acceptors (Lipinski definition) is 4. The second-order valence-electron chi connectivity index (χ2n) is 4.47. The van der Waals surface area contributed by atoms with Gasteiger partial charge in [0.15, 0.2) is 0 Å². The van der Waals surface area contributed by atoms with Gasteiger partial charge in [0.05, 0.1) is 12.0 Å². The predicted octanol–water partition coefficient (Wildman–Crippen LogP) is 1.86. The van der Waals surface area contributed by atoms with Crippen LogP contribution in [0.3, 0.4) is 0 Å². The van der Waals surface area contributed by atoms with Crippen LogP contribution in [0, 0.1) is 0 Å². The van der Waals surface area contributed by atoms with E-state index in [0.29, 0.717) is 29.9 Å². The third-order valence-electron chi connectivity index (χ3n) is 3.17. The van der Waals surface area contributed by atoms with E-state index < -0.39 is 10.0 Å². The molecule has 1 heterocycles. The average Bonchev–Trinajstić information content (AvgIpc) is 2.38. The van der Waals surface area contributed by atoms with Crippen molar-refractivity contribution in [1.29, 1.82) is 0 Å². The van der Waals surface area contributed by atoms with Crippen molar-refractivity contribution >= 4 is 38.4 Å². The third kappa shape index (κ3) is 3.46. The fourth-order valence-electron chi connectivity index (χ4n) is 2.12. The first-order valence-electron chi connectivity index (χ1n) is 6.03. The van der Waals surface area contributed by atoms with Crippen molar-refractivity contribution in [2.75, 3.05) is 26.7 Å². The first-order chi connectivity index (χ1) is 8.96. The minimum Gasteiger partial charge on any atom is -0.497 e. The molecule has 1 fully saturated rings. The highest BCUT2D eigenvalue weighted by molar-refractivity contribution is 9.10. The zero-order valence-corrected chi connectivity index (χ0v) is 14.5. The van der Waals surface area contributed by atoms with Crippen LogP contribution < -0.4 is 10.1 Å². The fourth-order valence-corrected chi connectivity index (χ4v) is 4.77. The van der Waals surface area contributed by atoms with Gasteiger partial charge in [-0.25, -0.2) is 8.42 Å². The van der Waals surface area contributed by atoms with Gasteiger partial charge in [0.2, 0.25) is 10.0 Å². The lowest BCUT2D eigenvalue weighted by molar-refractivity contribution is 0.283. The molecule has 1 aromatic rings. The fraction of sp³-hybridized carbons (Fsp3) is 0.500. The van der Waals surface area contributed by atoms with E-state index in [-0.39, 0.29) is 23.3 Å². The number of benzene rings is 1. The summed E-state index contributed by atoms with van der Waals surface area (Å²) >= 11 is 3.31. The van der Waals surface area contributed by atoms with Crippen molar-refractivity contribution in [1.82, 2.24) is 9.62 Å². The van der Waals surface area contributed by atoms with Crippen molar-refractivity contribution in [2.24, 2.45) is 0 Å². The standard InChI is InChI=1S/C12H17BrN2O3S.ClH/c1-9-8-14-5-6-15(9)19(16,17)12-4-3-10(18-2)7-11(12)13;/h3-4,7,9,14H,5-6,8H2,1-2H3;1H. The summed E-state index contributed by atoms with van der Waals surface area (Å²) in [5.41, 5.74) is 0. The van der Waals surface area contributed by atoms with Crippen LogP contribution in [-0.2, 0) is 10.0 Å². The summed E-state index contributed by atoms with van der Waals surface area (Å²) < 4.78 is 32.4. The second-order valence-corrected chi connectivity index (χ2v) is 7.18. The third-order valence-corrected chi connectivity index (χ3v) is 6.16. The molecule has 0 aliphatic carbocycles. The van der Waals surface area contributed by atoms with E-state index in [1.165, 1.54) is 4.31 Å². The van der Waals surface area contributed by atoms with Gasteiger partial charge < -0.3 is 10.1 Å². The van der Waals surface area contributed by atoms with Gasteiger partial charge in [-0.1, -0.05) is 0 Å². The summed E-state index contributed by atoms with van der Waals surface area (Å²) in [6.45, 7) is 3.74. The molecule has 1 atom stereocenters. The SMILES string of the molecule is COc1ccc(S(=O)(=O)N2CCNCC2C)c(Br)c1.Cl. The summed E-state index contributed by atoms with van der Waals surface area (Å²) in [5.74, 6) is 0.624. The van der Waals surface area contributed by atoms with Crippen LogP contribution in [0.15, 0.2) is 27.6 Å². The van der Waals surface area contributed by atoms with Crippen LogP contribution >= 0.6 is 28.3 Å². The van der Waals surface area contributed by atoms with Gasteiger partial charge >= 0.3 is 0 Å². The summed E-state index contributed by atoms with van der Waals surface area (Å²) in [6.07, 6.45) is 0. The van der Waals surface area contributed by atoms with E-state index in [4.69, 9.17) is 4.74 Å². The highest BCUT2D eigenvalue weighted by atomic mass is 79.9. The van der Waals surface area contributed by atoms with Gasteiger partial charge in [-0.2, -0.15) is 4.31 Å². The van der Waals surface area contributed by atoms with Gasteiger partial charge in [-0.05, 0) is 41.1 Å². The van der Waals surface area contributed by atoms with E-state index >= 15 is 0 Å². The van der Waals surface area contributed by atoms with E-state index in [0.717, 1.165) is 0 Å². The quantitative estimate of drug-likeness (QED) is 0.863. The maximum atomic E-state index is 12.6. The Morgan fingerprint density at radius 3 is 2.70 bits per heavy atom. The van der Waals surface area contributed by atoms with Gasteiger partial charge in [-0.3, -0.25) is 0 Å². The smallest absolute Gasteiger partial charge is 0.244 e. The maximum Gasteiger partial charge on any atom is 0.244 e. The van der Waals surface area contributed by atoms with Crippen LogP contribution in [0.4, 0.5) is 0 Å². The topological polar surface area (TPSA) is 58.6 Å². The molecule has 0 aromatic heterocycles. The number of rotatable bonds is 3. The molecule has 2 rings (SSSR count). The molecule has 1 unspecified atom stereocenters. The Morgan fingerprint density at radius 2 is 2.15 bits per heavy atom. The van der Waals surface area contributed by atoms with Gasteiger partial charge in [0.25, 0.3) is 0 Å². The molecule has 1 saturated heterocycles. The molecule has 0 radical (unpaired) electrons. The average molecular weight is 386 g/mol. The lowest BCUT2D eigenvalue weighted by atomic mass is 10.3. The van der Waals surface area contributed by atoms with Crippen LogP contribution in [0.25, 0.3) is 0 Å². The molecule has 1 N–H and O–H groups in total. The summed E-state index contributed by atoms with van der Waals surface area (Å²) in [4.78, 5) is 0.280. The minimum atomic E-state index is -3.48. The molecule has 1 aromatic carbocycles. The van der Waals surface area contributed by atoms with Crippen molar-refractivity contribution in [2.45, 2.75) is 17.9 Å². The number of hydrogen-bond donors (Lipinski definition) is 1. The van der Waals surface area contributed by atoms with Crippen molar-refractivity contribution in [3.8, 4) is 5.75 Å². The van der Waals surface area contributed by atoms with E-state index in [1.54, 1.807) is 25.3 Å². The summed E-state index contributed by atoms with van der Waals surface area (Å²) in [6, 6.07) is 4.85. The molecule has 8 heteroatoms. The molecule has 1 aliphatic heterocycles. The monoisotopic (exact) mass is 384 g/mol. The molecule has 0 bridgehead atoms. The Morgan fingerprint density at radius 1 is 1.45 bits per heavy atom. The number of sulfonamides is 1. The van der Waals surface area contributed by atoms with Gasteiger partial charge in [0, 0.05) is 30.1 Å². The first kappa shape index (κ1) is 17.7. The number of piperazine rings is 1. The molecule has 114 valence electrons. The zero-order chi connectivity index (χ0) is 14.0.